The molecule has 21 heavy (non-hydrogen) atoms. The number of benzene rings is 1. The number of fused-ring (bicyclic) bond motifs is 2. The molecule has 116 valence electrons. The second-order valence-corrected chi connectivity index (χ2v) is 7.72. The summed E-state index contributed by atoms with van der Waals surface area (Å²) in [4.78, 5) is 0. The Hall–Kier alpha value is -0.820. The molecular weight excluding hydrogens is 254 g/mol. The Morgan fingerprint density at radius 3 is 2.71 bits per heavy atom. The van der Waals surface area contributed by atoms with E-state index in [2.05, 4.69) is 50.4 Å². The van der Waals surface area contributed by atoms with Crippen molar-refractivity contribution in [2.45, 2.75) is 71.4 Å². The monoisotopic (exact) mass is 285 g/mol. The Morgan fingerprint density at radius 1 is 1.19 bits per heavy atom. The Bertz CT molecular complexity index is 467. The van der Waals surface area contributed by atoms with E-state index in [9.17, 15) is 0 Å². The standard InChI is InChI=1S/C20H31N/c1-14-5-4-6-17(11-14)8-7-15(2)21-16(3)20-13-18-9-10-19(20)12-18/h4-6,11,15-16,18-21H,7-10,12-13H2,1-3H3. The van der Waals surface area contributed by atoms with E-state index in [4.69, 9.17) is 0 Å². The Morgan fingerprint density at radius 2 is 2.05 bits per heavy atom. The van der Waals surface area contributed by atoms with Crippen LogP contribution in [-0.4, -0.2) is 12.1 Å². The minimum Gasteiger partial charge on any atom is -0.311 e. The highest BCUT2D eigenvalue weighted by molar-refractivity contribution is 5.22. The third-order valence-electron chi connectivity index (χ3n) is 5.93. The Balaban J connectivity index is 1.44. The predicted molar refractivity (Wildman–Crippen MR) is 90.5 cm³/mol. The molecule has 0 aromatic heterocycles. The fraction of sp³-hybridized carbons (Fsp3) is 0.700. The van der Waals surface area contributed by atoms with Crippen LogP contribution >= 0.6 is 0 Å². The minimum atomic E-state index is 0.625. The molecule has 0 aliphatic heterocycles. The van der Waals surface area contributed by atoms with Gasteiger partial charge in [0.1, 0.15) is 0 Å². The van der Waals surface area contributed by atoms with Gasteiger partial charge in [0.15, 0.2) is 0 Å². The molecule has 5 atom stereocenters. The van der Waals surface area contributed by atoms with Crippen LogP contribution in [0, 0.1) is 24.7 Å². The lowest BCUT2D eigenvalue weighted by atomic mass is 9.83. The third-order valence-corrected chi connectivity index (χ3v) is 5.93. The molecule has 3 rings (SSSR count). The molecule has 1 heteroatoms. The molecule has 1 nitrogen and oxygen atoms in total. The van der Waals surface area contributed by atoms with Crippen LogP contribution in [0.1, 0.15) is 57.1 Å². The molecule has 2 saturated carbocycles. The van der Waals surface area contributed by atoms with Gasteiger partial charge in [-0.25, -0.2) is 0 Å². The molecule has 0 heterocycles. The van der Waals surface area contributed by atoms with Crippen molar-refractivity contribution in [2.75, 3.05) is 0 Å². The fourth-order valence-corrected chi connectivity index (χ4v) is 4.81. The van der Waals surface area contributed by atoms with Gasteiger partial charge >= 0.3 is 0 Å². The van der Waals surface area contributed by atoms with Crippen LogP contribution in [0.25, 0.3) is 0 Å². The van der Waals surface area contributed by atoms with Crippen molar-refractivity contribution in [2.24, 2.45) is 17.8 Å². The summed E-state index contributed by atoms with van der Waals surface area (Å²) >= 11 is 0. The molecule has 1 aromatic carbocycles. The van der Waals surface area contributed by atoms with Crippen LogP contribution in [0.4, 0.5) is 0 Å². The van der Waals surface area contributed by atoms with Crippen molar-refractivity contribution in [3.05, 3.63) is 35.4 Å². The summed E-state index contributed by atoms with van der Waals surface area (Å²) in [5.74, 6) is 3.04. The van der Waals surface area contributed by atoms with Crippen LogP contribution in [0.3, 0.4) is 0 Å². The highest BCUT2D eigenvalue weighted by Crippen LogP contribution is 2.49. The van der Waals surface area contributed by atoms with E-state index in [1.165, 1.54) is 49.7 Å². The van der Waals surface area contributed by atoms with E-state index in [1.807, 2.05) is 0 Å². The van der Waals surface area contributed by atoms with Gasteiger partial charge in [-0.15, -0.1) is 0 Å². The van der Waals surface area contributed by atoms with Crippen LogP contribution in [0.2, 0.25) is 0 Å². The normalized spacial score (nSPS) is 30.5. The van der Waals surface area contributed by atoms with E-state index < -0.39 is 0 Å². The van der Waals surface area contributed by atoms with Gasteiger partial charge in [-0.3, -0.25) is 0 Å². The largest absolute Gasteiger partial charge is 0.311 e. The molecule has 1 aromatic rings. The molecule has 0 spiro atoms. The fourth-order valence-electron chi connectivity index (χ4n) is 4.81. The summed E-state index contributed by atoms with van der Waals surface area (Å²) in [5, 5.41) is 3.89. The molecule has 2 aliphatic rings. The maximum absolute atomic E-state index is 3.89. The van der Waals surface area contributed by atoms with E-state index in [-0.39, 0.29) is 0 Å². The van der Waals surface area contributed by atoms with Gasteiger partial charge in [-0.1, -0.05) is 36.2 Å². The summed E-state index contributed by atoms with van der Waals surface area (Å²) in [7, 11) is 0. The molecule has 2 fully saturated rings. The third kappa shape index (κ3) is 3.69. The molecule has 1 N–H and O–H groups in total. The number of aryl methyl sites for hydroxylation is 2. The second kappa shape index (κ2) is 6.52. The second-order valence-electron chi connectivity index (χ2n) is 7.72. The molecule has 0 radical (unpaired) electrons. The summed E-state index contributed by atoms with van der Waals surface area (Å²) < 4.78 is 0. The average molecular weight is 285 g/mol. The van der Waals surface area contributed by atoms with E-state index in [1.54, 1.807) is 0 Å². The number of rotatable bonds is 6. The van der Waals surface area contributed by atoms with E-state index in [0.717, 1.165) is 17.8 Å². The van der Waals surface area contributed by atoms with Gasteiger partial charge < -0.3 is 5.32 Å². The molecule has 2 aliphatic carbocycles. The summed E-state index contributed by atoms with van der Waals surface area (Å²) in [6, 6.07) is 10.3. The van der Waals surface area contributed by atoms with Crippen LogP contribution < -0.4 is 5.32 Å². The van der Waals surface area contributed by atoms with Gasteiger partial charge in [0.05, 0.1) is 0 Å². The van der Waals surface area contributed by atoms with Crippen LogP contribution in [0.15, 0.2) is 24.3 Å². The average Bonchev–Trinajstić information content (AvgIpc) is 3.08. The maximum Gasteiger partial charge on any atom is 0.00722 e. The topological polar surface area (TPSA) is 12.0 Å². The van der Waals surface area contributed by atoms with Crippen molar-refractivity contribution in [3.63, 3.8) is 0 Å². The lowest BCUT2D eigenvalue weighted by molar-refractivity contribution is 0.245. The predicted octanol–water partition coefficient (Wildman–Crippen LogP) is 4.73. The van der Waals surface area contributed by atoms with Crippen LogP contribution in [0.5, 0.6) is 0 Å². The first-order valence-corrected chi connectivity index (χ1v) is 8.93. The molecule has 0 saturated heterocycles. The van der Waals surface area contributed by atoms with Crippen molar-refractivity contribution < 1.29 is 0 Å². The molecule has 5 unspecified atom stereocenters. The lowest BCUT2D eigenvalue weighted by Gasteiger charge is -2.31. The van der Waals surface area contributed by atoms with Crippen molar-refractivity contribution in [3.8, 4) is 0 Å². The molecule has 0 amide bonds. The number of hydrogen-bond acceptors (Lipinski definition) is 1. The SMILES string of the molecule is Cc1cccc(CCC(C)NC(C)C2CC3CCC2C3)c1. The van der Waals surface area contributed by atoms with Gasteiger partial charge in [0.2, 0.25) is 0 Å². The van der Waals surface area contributed by atoms with E-state index >= 15 is 0 Å². The van der Waals surface area contributed by atoms with Crippen molar-refractivity contribution in [1.29, 1.82) is 0 Å². The summed E-state index contributed by atoms with van der Waals surface area (Å²) in [5.41, 5.74) is 2.86. The quantitative estimate of drug-likeness (QED) is 0.796. The Labute approximate surface area is 130 Å². The first kappa shape index (κ1) is 15.1. The number of nitrogens with one attached hydrogen (secondary N) is 1. The highest BCUT2D eigenvalue weighted by Gasteiger charge is 2.41. The van der Waals surface area contributed by atoms with Crippen molar-refractivity contribution in [1.82, 2.24) is 5.32 Å². The highest BCUT2D eigenvalue weighted by atomic mass is 14.9. The number of hydrogen-bond donors (Lipinski definition) is 1. The van der Waals surface area contributed by atoms with Gasteiger partial charge in [0.25, 0.3) is 0 Å². The van der Waals surface area contributed by atoms with Crippen molar-refractivity contribution >= 4 is 0 Å². The zero-order valence-corrected chi connectivity index (χ0v) is 13.9. The summed E-state index contributed by atoms with van der Waals surface area (Å²) in [6.07, 6.45) is 8.46. The molecular formula is C20H31N. The smallest absolute Gasteiger partial charge is 0.00722 e. The zero-order chi connectivity index (χ0) is 14.8. The first-order valence-electron chi connectivity index (χ1n) is 8.93. The zero-order valence-electron chi connectivity index (χ0n) is 13.9. The van der Waals surface area contributed by atoms with Crippen LogP contribution in [-0.2, 0) is 6.42 Å². The minimum absolute atomic E-state index is 0.625. The first-order chi connectivity index (χ1) is 10.1. The maximum atomic E-state index is 3.89. The van der Waals surface area contributed by atoms with Gasteiger partial charge in [-0.05, 0) is 76.2 Å². The van der Waals surface area contributed by atoms with Gasteiger partial charge in [-0.2, -0.15) is 0 Å². The van der Waals surface area contributed by atoms with E-state index in [0.29, 0.717) is 12.1 Å². The lowest BCUT2D eigenvalue weighted by Crippen LogP contribution is -2.41. The Kier molecular flexibility index (Phi) is 4.69. The summed E-state index contributed by atoms with van der Waals surface area (Å²) in [6.45, 7) is 6.97. The molecule has 2 bridgehead atoms. The van der Waals surface area contributed by atoms with Gasteiger partial charge in [0, 0.05) is 12.1 Å².